The molecular weight excluding hydrogens is 622 g/mol. The number of imidazole rings is 1. The maximum atomic E-state index is 13.3. The second-order valence-electron chi connectivity index (χ2n) is 11.3. The maximum absolute atomic E-state index is 13.3. The fourth-order valence-corrected chi connectivity index (χ4v) is 5.46. The van der Waals surface area contributed by atoms with Gasteiger partial charge in [-0.3, -0.25) is 29.2 Å². The van der Waals surface area contributed by atoms with E-state index in [0.29, 0.717) is 53.2 Å². The molecule has 2 aromatic heterocycles. The van der Waals surface area contributed by atoms with Gasteiger partial charge in [-0.25, -0.2) is 4.98 Å². The number of rotatable bonds is 14. The molecule has 16 nitrogen and oxygen atoms in total. The number of nitrogen functional groups attached to an aromatic ring is 1. The molecule has 1 fully saturated rings. The van der Waals surface area contributed by atoms with Crippen LogP contribution in [-0.4, -0.2) is 67.9 Å². The molecule has 3 amide bonds. The molecule has 1 aliphatic carbocycles. The summed E-state index contributed by atoms with van der Waals surface area (Å²) in [5, 5.41) is 19.6. The predicted molar refractivity (Wildman–Crippen MR) is 177 cm³/mol. The van der Waals surface area contributed by atoms with Crippen molar-refractivity contribution in [1.82, 2.24) is 19.3 Å². The molecule has 0 saturated heterocycles. The Morgan fingerprint density at radius 1 is 1.04 bits per heavy atom. The number of aliphatic carboxylic acids is 1. The highest BCUT2D eigenvalue weighted by Crippen LogP contribution is 2.38. The summed E-state index contributed by atoms with van der Waals surface area (Å²) in [6.07, 6.45) is 3.95. The lowest BCUT2D eigenvalue weighted by Gasteiger charge is -2.33. The van der Waals surface area contributed by atoms with Crippen LogP contribution in [0.2, 0.25) is 0 Å². The Kier molecular flexibility index (Phi) is 9.54. The van der Waals surface area contributed by atoms with Crippen LogP contribution in [0.5, 0.6) is 11.5 Å². The topological polar surface area (TPSA) is 245 Å². The van der Waals surface area contributed by atoms with Crippen molar-refractivity contribution in [3.63, 3.8) is 0 Å². The summed E-state index contributed by atoms with van der Waals surface area (Å²) in [4.78, 5) is 53.0. The van der Waals surface area contributed by atoms with E-state index >= 15 is 0 Å². The molecule has 1 aliphatic rings. The number of benzene rings is 2. The third kappa shape index (κ3) is 6.86. The highest BCUT2D eigenvalue weighted by molar-refractivity contribution is 6.04. The summed E-state index contributed by atoms with van der Waals surface area (Å²) in [5.74, 6) is -2.31. The Hall–Kier alpha value is -6.06. The van der Waals surface area contributed by atoms with Crippen molar-refractivity contribution in [2.24, 2.45) is 17.4 Å². The van der Waals surface area contributed by atoms with Gasteiger partial charge in [-0.1, -0.05) is 12.2 Å². The smallest absolute Gasteiger partial charge is 0.306 e. The van der Waals surface area contributed by atoms with Crippen molar-refractivity contribution >= 4 is 52.0 Å². The number of aromatic nitrogens is 4. The number of carboxylic acids is 1. The summed E-state index contributed by atoms with van der Waals surface area (Å²) < 4.78 is 14.9. The molecule has 5 rings (SSSR count). The number of carbonyl (C=O) groups is 4. The second kappa shape index (κ2) is 13.7. The molecule has 0 radical (unpaired) electrons. The number of hydrogen-bond donors (Lipinski definition) is 6. The number of carbonyl (C=O) groups excluding carboxylic acids is 3. The number of carboxylic acid groups (broad SMARTS) is 1. The fourth-order valence-electron chi connectivity index (χ4n) is 5.46. The zero-order valence-corrected chi connectivity index (χ0v) is 26.6. The van der Waals surface area contributed by atoms with Crippen molar-refractivity contribution in [2.75, 3.05) is 30.0 Å². The third-order valence-electron chi connectivity index (χ3n) is 7.98. The van der Waals surface area contributed by atoms with E-state index in [0.717, 1.165) is 0 Å². The van der Waals surface area contributed by atoms with Crippen LogP contribution in [-0.2, 0) is 17.9 Å². The summed E-state index contributed by atoms with van der Waals surface area (Å²) >= 11 is 0. The molecule has 0 bridgehead atoms. The fraction of sp³-hybridized carbons (Fsp3) is 0.312. The van der Waals surface area contributed by atoms with Crippen molar-refractivity contribution in [3.8, 4) is 11.5 Å². The number of primary amides is 2. The number of ether oxygens (including phenoxy) is 2. The quantitative estimate of drug-likeness (QED) is 0.0848. The molecule has 2 heterocycles. The van der Waals surface area contributed by atoms with Crippen molar-refractivity contribution in [1.29, 1.82) is 0 Å². The van der Waals surface area contributed by atoms with E-state index in [9.17, 15) is 24.3 Å². The van der Waals surface area contributed by atoms with Crippen LogP contribution in [0.3, 0.4) is 0 Å². The van der Waals surface area contributed by atoms with Gasteiger partial charge in [0.2, 0.25) is 17.8 Å². The Bertz CT molecular complexity index is 1940. The number of nitrogens with one attached hydrogen (secondary N) is 2. The van der Waals surface area contributed by atoms with Gasteiger partial charge in [0.1, 0.15) is 34.5 Å². The number of methoxy groups -OCH3 is 1. The van der Waals surface area contributed by atoms with E-state index in [-0.39, 0.29) is 47.7 Å². The predicted octanol–water partition coefficient (Wildman–Crippen LogP) is 2.51. The molecule has 16 heteroatoms. The Morgan fingerprint density at radius 2 is 1.73 bits per heavy atom. The number of allylic oxidation sites excluding steroid dienone is 1. The zero-order valence-electron chi connectivity index (χ0n) is 26.6. The van der Waals surface area contributed by atoms with E-state index in [4.69, 9.17) is 26.7 Å². The molecule has 9 N–H and O–H groups in total. The lowest BCUT2D eigenvalue weighted by atomic mass is 9.82. The first-order valence-corrected chi connectivity index (χ1v) is 15.2. The number of aryl methyl sites for hydroxylation is 2. The Labute approximate surface area is 274 Å². The van der Waals surface area contributed by atoms with Gasteiger partial charge in [-0.05, 0) is 57.0 Å². The van der Waals surface area contributed by atoms with Crippen LogP contribution in [0.4, 0.5) is 17.3 Å². The first-order chi connectivity index (χ1) is 22.9. The van der Waals surface area contributed by atoms with Gasteiger partial charge in [0, 0.05) is 30.8 Å². The molecule has 48 heavy (non-hydrogen) atoms. The molecule has 2 aromatic carbocycles. The third-order valence-corrected chi connectivity index (χ3v) is 7.98. The van der Waals surface area contributed by atoms with Crippen LogP contribution in [0.1, 0.15) is 56.7 Å². The maximum Gasteiger partial charge on any atom is 0.306 e. The molecule has 0 spiro atoms. The highest BCUT2D eigenvalue weighted by Gasteiger charge is 2.36. The van der Waals surface area contributed by atoms with Crippen molar-refractivity contribution in [2.45, 2.75) is 45.9 Å². The molecule has 1 saturated carbocycles. The van der Waals surface area contributed by atoms with Crippen molar-refractivity contribution in [3.05, 3.63) is 65.0 Å². The first kappa shape index (κ1) is 33.3. The largest absolute Gasteiger partial charge is 0.494 e. The number of hydrogen-bond acceptors (Lipinski definition) is 10. The van der Waals surface area contributed by atoms with Gasteiger partial charge in [-0.15, -0.1) is 0 Å². The van der Waals surface area contributed by atoms with E-state index in [1.54, 1.807) is 22.2 Å². The van der Waals surface area contributed by atoms with E-state index in [1.807, 2.05) is 19.1 Å². The number of nitrogens with two attached hydrogens (primary N) is 3. The molecular formula is C32H37N9O7. The average Bonchev–Trinajstić information content (AvgIpc) is 3.57. The normalized spacial score (nSPS) is 15.6. The van der Waals surface area contributed by atoms with Gasteiger partial charge in [0.15, 0.2) is 0 Å². The minimum atomic E-state index is -0.884. The lowest BCUT2D eigenvalue weighted by molar-refractivity contribution is -0.147. The standard InChI is InChI=1S/C32H37N9O7/c1-4-41-23(9-16(2)39-41)30(44)38-32-37-22-13-18(29(35)43)15-25(47-3)27(22)40(32)8-6-5-7-36-26-21(33)12-17(28(34)42)14-24(26)48-20-10-19(11-20)31(45)46/h5-6,9,12-15,19-20,36H,4,7-8,10-11,33H2,1-3H3,(H2,34,42)(H2,35,43)(H,45,46)(H,37,38,44). The molecule has 252 valence electrons. The molecule has 4 aromatic rings. The van der Waals surface area contributed by atoms with Crippen LogP contribution in [0.25, 0.3) is 11.0 Å². The molecule has 0 atom stereocenters. The first-order valence-electron chi connectivity index (χ1n) is 15.2. The van der Waals surface area contributed by atoms with Crippen LogP contribution < -0.4 is 37.3 Å². The van der Waals surface area contributed by atoms with Crippen LogP contribution in [0, 0.1) is 12.8 Å². The van der Waals surface area contributed by atoms with Crippen LogP contribution >= 0.6 is 0 Å². The summed E-state index contributed by atoms with van der Waals surface area (Å²) in [6, 6.07) is 7.63. The minimum absolute atomic E-state index is 0.157. The van der Waals surface area contributed by atoms with Gasteiger partial charge < -0.3 is 41.7 Å². The number of fused-ring (bicyclic) bond motifs is 1. The highest BCUT2D eigenvalue weighted by atomic mass is 16.5. The zero-order chi connectivity index (χ0) is 34.7. The number of anilines is 3. The Morgan fingerprint density at radius 3 is 2.38 bits per heavy atom. The lowest BCUT2D eigenvalue weighted by Crippen LogP contribution is -2.38. The number of amides is 3. The van der Waals surface area contributed by atoms with Crippen molar-refractivity contribution < 1.29 is 33.8 Å². The van der Waals surface area contributed by atoms with Crippen LogP contribution in [0.15, 0.2) is 42.5 Å². The van der Waals surface area contributed by atoms with Gasteiger partial charge in [0.05, 0.1) is 29.9 Å². The molecule has 0 aliphatic heterocycles. The van der Waals surface area contributed by atoms with Gasteiger partial charge >= 0.3 is 5.97 Å². The van der Waals surface area contributed by atoms with E-state index in [1.165, 1.54) is 31.4 Å². The van der Waals surface area contributed by atoms with Gasteiger partial charge in [-0.2, -0.15) is 5.10 Å². The van der Waals surface area contributed by atoms with E-state index < -0.39 is 29.6 Å². The van der Waals surface area contributed by atoms with E-state index in [2.05, 4.69) is 20.7 Å². The monoisotopic (exact) mass is 659 g/mol. The SMILES string of the molecule is CCn1nc(C)cc1C(=O)Nc1nc2cc(C(N)=O)cc(OC)c2n1CC=CCNc1c(N)cc(C(N)=O)cc1OC1CC(C(=O)O)C1. The van der Waals surface area contributed by atoms with Gasteiger partial charge in [0.25, 0.3) is 5.91 Å². The molecule has 0 unspecified atom stereocenters. The summed E-state index contributed by atoms with van der Waals surface area (Å²) in [6.45, 7) is 4.66. The second-order valence-corrected chi connectivity index (χ2v) is 11.3. The summed E-state index contributed by atoms with van der Waals surface area (Å²) in [5.41, 5.74) is 20.2. The summed E-state index contributed by atoms with van der Waals surface area (Å²) in [7, 11) is 1.45. The average molecular weight is 660 g/mol. The Balaban J connectivity index is 1.39. The minimum Gasteiger partial charge on any atom is -0.494 e. The number of nitrogens with zero attached hydrogens (tertiary/aromatic N) is 4.